The van der Waals surface area contributed by atoms with Gasteiger partial charge in [-0.1, -0.05) is 176 Å². The van der Waals surface area contributed by atoms with E-state index in [9.17, 15) is 14.4 Å². The molecule has 0 bridgehead atoms. The van der Waals surface area contributed by atoms with Crippen LogP contribution in [0.2, 0.25) is 0 Å². The molecule has 0 saturated heterocycles. The van der Waals surface area contributed by atoms with E-state index in [0.717, 1.165) is 75.5 Å². The molecule has 0 unspecified atom stereocenters. The summed E-state index contributed by atoms with van der Waals surface area (Å²) in [6, 6.07) is 0. The molecule has 0 aliphatic carbocycles. The van der Waals surface area contributed by atoms with Gasteiger partial charge in [0.25, 0.3) is 0 Å². The van der Waals surface area contributed by atoms with Crippen molar-refractivity contribution in [1.29, 1.82) is 0 Å². The molecule has 48 heavy (non-hydrogen) atoms. The monoisotopic (exact) mass is 681 g/mol. The molecule has 0 saturated carbocycles. The van der Waals surface area contributed by atoms with E-state index in [4.69, 9.17) is 14.2 Å². The number of hydrogen-bond donors (Lipinski definition) is 0. The maximum Gasteiger partial charge on any atom is 0.306 e. The Bertz CT molecular complexity index is 746. The second-order valence-electron chi connectivity index (χ2n) is 15.7. The Morgan fingerprint density at radius 2 is 0.604 bits per heavy atom. The highest BCUT2D eigenvalue weighted by atomic mass is 16.6. The Kier molecular flexibility index (Phi) is 32.8. The minimum atomic E-state index is -0.761. The fourth-order valence-electron chi connectivity index (χ4n) is 5.99. The molecule has 0 radical (unpaired) electrons. The molecule has 6 nitrogen and oxygen atoms in total. The summed E-state index contributed by atoms with van der Waals surface area (Å²) in [5.74, 6) is 1.46. The highest BCUT2D eigenvalue weighted by molar-refractivity contribution is 5.71. The number of ether oxygens (including phenoxy) is 3. The van der Waals surface area contributed by atoms with E-state index in [1.807, 2.05) is 0 Å². The molecule has 6 heteroatoms. The van der Waals surface area contributed by atoms with Gasteiger partial charge in [0, 0.05) is 19.3 Å². The summed E-state index contributed by atoms with van der Waals surface area (Å²) in [5.41, 5.74) is 0. The Morgan fingerprint density at radius 1 is 0.354 bits per heavy atom. The molecule has 0 aliphatic rings. The topological polar surface area (TPSA) is 78.9 Å². The van der Waals surface area contributed by atoms with Crippen molar-refractivity contribution in [2.75, 3.05) is 13.2 Å². The average molecular weight is 681 g/mol. The third-order valence-corrected chi connectivity index (χ3v) is 9.15. The van der Waals surface area contributed by atoms with Crippen molar-refractivity contribution in [3.63, 3.8) is 0 Å². The first-order chi connectivity index (χ1) is 23.1. The van der Waals surface area contributed by atoms with Crippen molar-refractivity contribution in [1.82, 2.24) is 0 Å². The molecule has 0 N–H and O–H groups in total. The molecule has 0 rings (SSSR count). The Hall–Kier alpha value is -1.59. The van der Waals surface area contributed by atoms with Crippen LogP contribution in [0.5, 0.6) is 0 Å². The second kappa shape index (κ2) is 33.9. The van der Waals surface area contributed by atoms with Gasteiger partial charge in [0.2, 0.25) is 0 Å². The van der Waals surface area contributed by atoms with E-state index in [1.165, 1.54) is 96.3 Å². The Balaban J connectivity index is 4.36. The number of rotatable bonds is 35. The minimum Gasteiger partial charge on any atom is -0.462 e. The summed E-state index contributed by atoms with van der Waals surface area (Å²) >= 11 is 0. The van der Waals surface area contributed by atoms with Crippen molar-refractivity contribution < 1.29 is 28.6 Å². The van der Waals surface area contributed by atoms with Gasteiger partial charge >= 0.3 is 17.9 Å². The fraction of sp³-hybridized carbons (Fsp3) is 0.929. The van der Waals surface area contributed by atoms with Crippen molar-refractivity contribution in [3.05, 3.63) is 0 Å². The molecule has 0 aliphatic heterocycles. The predicted molar refractivity (Wildman–Crippen MR) is 201 cm³/mol. The maximum absolute atomic E-state index is 12.6. The Labute approximate surface area is 298 Å². The number of hydrogen-bond acceptors (Lipinski definition) is 6. The molecule has 1 atom stereocenters. The van der Waals surface area contributed by atoms with Crippen LogP contribution in [0.15, 0.2) is 0 Å². The lowest BCUT2D eigenvalue weighted by atomic mass is 10.0. The predicted octanol–water partition coefficient (Wildman–Crippen LogP) is 12.5. The van der Waals surface area contributed by atoms with Crippen LogP contribution in [0.25, 0.3) is 0 Å². The van der Waals surface area contributed by atoms with Gasteiger partial charge in [-0.3, -0.25) is 14.4 Å². The highest BCUT2D eigenvalue weighted by Gasteiger charge is 2.19. The van der Waals surface area contributed by atoms with E-state index >= 15 is 0 Å². The van der Waals surface area contributed by atoms with E-state index in [2.05, 4.69) is 41.5 Å². The van der Waals surface area contributed by atoms with E-state index in [0.29, 0.717) is 19.3 Å². The third-order valence-electron chi connectivity index (χ3n) is 9.15. The van der Waals surface area contributed by atoms with Crippen molar-refractivity contribution in [3.8, 4) is 0 Å². The first-order valence-electron chi connectivity index (χ1n) is 20.6. The number of carbonyl (C=O) groups excluding carboxylic acids is 3. The molecule has 284 valence electrons. The smallest absolute Gasteiger partial charge is 0.306 e. The minimum absolute atomic E-state index is 0.0686. The van der Waals surface area contributed by atoms with Crippen LogP contribution in [-0.2, 0) is 28.6 Å². The van der Waals surface area contributed by atoms with E-state index < -0.39 is 6.10 Å². The lowest BCUT2D eigenvalue weighted by Crippen LogP contribution is -2.30. The molecule has 0 amide bonds. The van der Waals surface area contributed by atoms with Gasteiger partial charge in [0.05, 0.1) is 0 Å². The quantitative estimate of drug-likeness (QED) is 0.0376. The van der Waals surface area contributed by atoms with Crippen LogP contribution >= 0.6 is 0 Å². The van der Waals surface area contributed by atoms with E-state index in [1.54, 1.807) is 0 Å². The van der Waals surface area contributed by atoms with Gasteiger partial charge < -0.3 is 14.2 Å². The molecule has 0 spiro atoms. The summed E-state index contributed by atoms with van der Waals surface area (Å²) in [6.07, 6.45) is 28.3. The van der Waals surface area contributed by atoms with Gasteiger partial charge in [-0.2, -0.15) is 0 Å². The molecule has 0 aromatic carbocycles. The first kappa shape index (κ1) is 46.4. The second-order valence-corrected chi connectivity index (χ2v) is 15.7. The molecular formula is C42H80O6. The third kappa shape index (κ3) is 35.7. The lowest BCUT2D eigenvalue weighted by molar-refractivity contribution is -0.167. The zero-order valence-corrected chi connectivity index (χ0v) is 32.8. The SMILES string of the molecule is CC(C)CCCCCCCCCCC(=O)OC[C@@H](COC(=O)CCCCCCCCCC(C)C)OC(=O)CCCCCCCCC(C)C. The molecule has 0 aromatic heterocycles. The van der Waals surface area contributed by atoms with Crippen LogP contribution in [0.3, 0.4) is 0 Å². The molecular weight excluding hydrogens is 600 g/mol. The van der Waals surface area contributed by atoms with Gasteiger partial charge in [-0.15, -0.1) is 0 Å². The summed E-state index contributed by atoms with van der Waals surface area (Å²) in [6.45, 7) is 13.5. The number of esters is 3. The van der Waals surface area contributed by atoms with Crippen molar-refractivity contribution in [2.24, 2.45) is 17.8 Å². The average Bonchev–Trinajstić information content (AvgIpc) is 3.03. The zero-order chi connectivity index (χ0) is 35.7. The largest absolute Gasteiger partial charge is 0.462 e. The maximum atomic E-state index is 12.6. The summed E-state index contributed by atoms with van der Waals surface area (Å²) < 4.78 is 16.6. The fourth-order valence-corrected chi connectivity index (χ4v) is 5.99. The zero-order valence-electron chi connectivity index (χ0n) is 32.8. The van der Waals surface area contributed by atoms with Gasteiger partial charge in [0.15, 0.2) is 6.10 Å². The van der Waals surface area contributed by atoms with Gasteiger partial charge in [-0.05, 0) is 37.0 Å². The molecule has 0 heterocycles. The summed E-state index contributed by atoms with van der Waals surface area (Å²) in [7, 11) is 0. The standard InChI is InChI=1S/C42H80O6/c1-36(2)28-22-16-10-7-8-12-19-25-31-40(43)46-34-39(48-42(45)33-27-21-15-14-18-24-30-38(5)6)35-47-41(44)32-26-20-13-9-11-17-23-29-37(3)4/h36-39H,7-35H2,1-6H3/t39-/m0/s1. The van der Waals surface area contributed by atoms with Crippen LogP contribution in [0, 0.1) is 17.8 Å². The highest BCUT2D eigenvalue weighted by Crippen LogP contribution is 2.16. The van der Waals surface area contributed by atoms with Crippen LogP contribution in [-0.4, -0.2) is 37.2 Å². The number of carbonyl (C=O) groups is 3. The Morgan fingerprint density at radius 3 is 0.896 bits per heavy atom. The summed E-state index contributed by atoms with van der Waals surface area (Å²) in [4.78, 5) is 37.5. The lowest BCUT2D eigenvalue weighted by Gasteiger charge is -2.18. The normalized spacial score (nSPS) is 12.2. The van der Waals surface area contributed by atoms with Crippen molar-refractivity contribution in [2.45, 2.75) is 221 Å². The van der Waals surface area contributed by atoms with E-state index in [-0.39, 0.29) is 31.1 Å². The van der Waals surface area contributed by atoms with Gasteiger partial charge in [-0.25, -0.2) is 0 Å². The van der Waals surface area contributed by atoms with Crippen LogP contribution in [0.1, 0.15) is 215 Å². The molecule has 0 aromatic rings. The number of unbranched alkanes of at least 4 members (excludes halogenated alkanes) is 18. The van der Waals surface area contributed by atoms with Crippen molar-refractivity contribution >= 4 is 17.9 Å². The summed E-state index contributed by atoms with van der Waals surface area (Å²) in [5, 5.41) is 0. The molecule has 0 fully saturated rings. The van der Waals surface area contributed by atoms with Crippen LogP contribution < -0.4 is 0 Å². The first-order valence-corrected chi connectivity index (χ1v) is 20.6. The van der Waals surface area contributed by atoms with Crippen LogP contribution in [0.4, 0.5) is 0 Å². The van der Waals surface area contributed by atoms with Gasteiger partial charge in [0.1, 0.15) is 13.2 Å².